The van der Waals surface area contributed by atoms with Gasteiger partial charge in [-0.1, -0.05) is 38.0 Å². The Bertz CT molecular complexity index is 499. The summed E-state index contributed by atoms with van der Waals surface area (Å²) < 4.78 is 29.5. The van der Waals surface area contributed by atoms with E-state index in [1.165, 1.54) is 5.01 Å². The van der Waals surface area contributed by atoms with E-state index in [0.29, 0.717) is 12.1 Å². The topological polar surface area (TPSA) is 130 Å². The van der Waals surface area contributed by atoms with Crippen molar-refractivity contribution in [2.45, 2.75) is 26.2 Å². The summed E-state index contributed by atoms with van der Waals surface area (Å²) in [5.74, 6) is -0.850. The number of hydrogen-bond donors (Lipinski definition) is 5. The van der Waals surface area contributed by atoms with Crippen LogP contribution in [-0.4, -0.2) is 26.6 Å². The molecule has 22 heavy (non-hydrogen) atoms. The van der Waals surface area contributed by atoms with Crippen LogP contribution in [0.25, 0.3) is 0 Å². The third-order valence-corrected chi connectivity index (χ3v) is 2.92. The zero-order chi connectivity index (χ0) is 16.8. The van der Waals surface area contributed by atoms with E-state index >= 15 is 0 Å². The Morgan fingerprint density at radius 2 is 1.68 bits per heavy atom. The van der Waals surface area contributed by atoms with E-state index in [4.69, 9.17) is 14.8 Å². The molecule has 1 aromatic carbocycles. The Labute approximate surface area is 133 Å². The van der Waals surface area contributed by atoms with Gasteiger partial charge in [0.2, 0.25) is 0 Å². The number of nitrogens with one attached hydrogen (secondary N) is 1. The molecule has 5 N–H and O–H groups in total. The van der Waals surface area contributed by atoms with E-state index in [-0.39, 0.29) is 11.8 Å². The summed E-state index contributed by atoms with van der Waals surface area (Å²) in [6, 6.07) is 9.17. The number of rotatable bonds is 4. The molecule has 0 radical (unpaired) electrons. The normalized spacial score (nSPS) is 17.9. The van der Waals surface area contributed by atoms with Crippen LogP contribution in [0, 0.1) is 5.92 Å². The SMILES string of the molecule is CCCCC1C(=O)NN(c2ccccc2)C1=O.[OH][Ti]([OH])([OH])[OH]. The van der Waals surface area contributed by atoms with Gasteiger partial charge < -0.3 is 0 Å². The molecular formula is C13H20N2O6Ti. The van der Waals surface area contributed by atoms with E-state index in [1.807, 2.05) is 25.1 Å². The minimum atomic E-state index is -5.00. The number of amides is 2. The van der Waals surface area contributed by atoms with Crippen LogP contribution in [0.1, 0.15) is 26.2 Å². The van der Waals surface area contributed by atoms with Crippen molar-refractivity contribution in [3.63, 3.8) is 0 Å². The van der Waals surface area contributed by atoms with Crippen molar-refractivity contribution in [1.29, 1.82) is 0 Å². The molecule has 0 aliphatic carbocycles. The molecule has 9 heteroatoms. The molecule has 122 valence electrons. The predicted octanol–water partition coefficient (Wildman–Crippen LogP) is -0.360. The zero-order valence-corrected chi connectivity index (χ0v) is 13.7. The molecule has 1 saturated heterocycles. The molecule has 1 fully saturated rings. The summed E-state index contributed by atoms with van der Waals surface area (Å²) in [4.78, 5) is 23.8. The number of hydrazine groups is 1. The maximum atomic E-state index is 12.1. The maximum absolute atomic E-state index is 12.1. The molecule has 1 aliphatic rings. The average Bonchev–Trinajstić information content (AvgIpc) is 2.71. The molecule has 1 aromatic rings. The number of carbonyl (C=O) groups is 2. The van der Waals surface area contributed by atoms with Crippen LogP contribution >= 0.6 is 0 Å². The molecule has 0 spiro atoms. The molecule has 1 unspecified atom stereocenters. The summed E-state index contributed by atoms with van der Waals surface area (Å²) in [5.41, 5.74) is 3.34. The van der Waals surface area contributed by atoms with Crippen LogP contribution < -0.4 is 10.4 Å². The monoisotopic (exact) mass is 348 g/mol. The second kappa shape index (κ2) is 8.37. The molecule has 1 atom stereocenters. The van der Waals surface area contributed by atoms with Crippen molar-refractivity contribution in [1.82, 2.24) is 5.43 Å². The molecule has 0 saturated carbocycles. The Balaban J connectivity index is 0.000000422. The van der Waals surface area contributed by atoms with Crippen molar-refractivity contribution in [3.8, 4) is 0 Å². The van der Waals surface area contributed by atoms with Crippen LogP contribution in [0.2, 0.25) is 0 Å². The van der Waals surface area contributed by atoms with Gasteiger partial charge in [-0.25, -0.2) is 5.01 Å². The zero-order valence-electron chi connectivity index (χ0n) is 12.1. The third kappa shape index (κ3) is 6.23. The van der Waals surface area contributed by atoms with Gasteiger partial charge in [0.05, 0.1) is 5.69 Å². The van der Waals surface area contributed by atoms with Crippen LogP contribution in [0.3, 0.4) is 0 Å². The van der Waals surface area contributed by atoms with Gasteiger partial charge in [0, 0.05) is 0 Å². The summed E-state index contributed by atoms with van der Waals surface area (Å²) >= 11 is -5.00. The number of para-hydroxylation sites is 1. The van der Waals surface area contributed by atoms with Crippen molar-refractivity contribution >= 4 is 17.5 Å². The summed E-state index contributed by atoms with van der Waals surface area (Å²) in [6.45, 7) is 2.05. The Morgan fingerprint density at radius 1 is 1.14 bits per heavy atom. The summed E-state index contributed by atoms with van der Waals surface area (Å²) in [7, 11) is 0. The third-order valence-electron chi connectivity index (χ3n) is 2.92. The minimum absolute atomic E-state index is 0.144. The fourth-order valence-corrected chi connectivity index (χ4v) is 1.94. The Kier molecular flexibility index (Phi) is 7.14. The van der Waals surface area contributed by atoms with Gasteiger partial charge in [0.15, 0.2) is 0 Å². The quantitative estimate of drug-likeness (QED) is 0.373. The number of hydrogen-bond acceptors (Lipinski definition) is 6. The molecule has 0 bridgehead atoms. The van der Waals surface area contributed by atoms with Gasteiger partial charge in [0.25, 0.3) is 11.8 Å². The van der Waals surface area contributed by atoms with E-state index in [1.54, 1.807) is 12.1 Å². The molecule has 0 aromatic heterocycles. The van der Waals surface area contributed by atoms with Crippen molar-refractivity contribution in [3.05, 3.63) is 30.3 Å². The van der Waals surface area contributed by atoms with E-state index in [2.05, 4.69) is 5.43 Å². The van der Waals surface area contributed by atoms with Crippen LogP contribution in [0.5, 0.6) is 0 Å². The van der Waals surface area contributed by atoms with Gasteiger partial charge in [-0.05, 0) is 18.6 Å². The van der Waals surface area contributed by atoms with Gasteiger partial charge in [-0.3, -0.25) is 15.0 Å². The van der Waals surface area contributed by atoms with E-state index < -0.39 is 24.1 Å². The molecule has 8 nitrogen and oxygen atoms in total. The number of unbranched alkanes of at least 4 members (excludes halogenated alkanes) is 1. The second-order valence-corrected chi connectivity index (χ2v) is 6.65. The van der Waals surface area contributed by atoms with Gasteiger partial charge >= 0.3 is 32.9 Å². The van der Waals surface area contributed by atoms with Crippen molar-refractivity contribution in [2.75, 3.05) is 5.01 Å². The van der Waals surface area contributed by atoms with Crippen LogP contribution in [0.4, 0.5) is 5.69 Å². The fraction of sp³-hybridized carbons (Fsp3) is 0.385. The molecular weight excluding hydrogens is 328 g/mol. The first-order valence-corrected chi connectivity index (χ1v) is 9.62. The fourth-order valence-electron chi connectivity index (χ4n) is 1.94. The summed E-state index contributed by atoms with van der Waals surface area (Å²) in [5, 5.41) is 1.35. The molecule has 1 aliphatic heterocycles. The molecule has 2 rings (SSSR count). The standard InChI is InChI=1S/C13H16N2O2.4H2O.Ti/c1-2-3-9-11-12(16)14-15(13(11)17)10-7-5-4-6-8-10;;;;;/h4-8,11H,2-3,9H2,1H3,(H,14,16);4*1H2;/q;;;;;+4/p-4. The molecule has 1 heterocycles. The van der Waals surface area contributed by atoms with Crippen molar-refractivity contribution in [2.24, 2.45) is 5.92 Å². The van der Waals surface area contributed by atoms with Gasteiger partial charge in [-0.2, -0.15) is 0 Å². The van der Waals surface area contributed by atoms with Crippen molar-refractivity contribution < 1.29 is 42.5 Å². The Morgan fingerprint density at radius 3 is 2.18 bits per heavy atom. The number of carbonyl (C=O) groups excluding carboxylic acids is 2. The van der Waals surface area contributed by atoms with Crippen LogP contribution in [-0.2, 0) is 27.7 Å². The van der Waals surface area contributed by atoms with Crippen LogP contribution in [0.15, 0.2) is 30.3 Å². The molecule has 2 amide bonds. The number of anilines is 1. The number of nitrogens with zero attached hydrogens (tertiary/aromatic N) is 1. The first-order chi connectivity index (χ1) is 10.2. The first-order valence-electron chi connectivity index (χ1n) is 6.83. The first kappa shape index (κ1) is 18.8. The van der Waals surface area contributed by atoms with Gasteiger partial charge in [0.1, 0.15) is 5.92 Å². The number of benzene rings is 1. The van der Waals surface area contributed by atoms with E-state index in [0.717, 1.165) is 12.8 Å². The average molecular weight is 348 g/mol. The predicted molar refractivity (Wildman–Crippen MR) is 74.0 cm³/mol. The second-order valence-electron chi connectivity index (χ2n) is 4.78. The summed E-state index contributed by atoms with van der Waals surface area (Å²) in [6.07, 6.45) is 2.51. The van der Waals surface area contributed by atoms with E-state index in [9.17, 15) is 9.59 Å². The Hall–Kier alpha value is -1.29. The van der Waals surface area contributed by atoms with Gasteiger partial charge in [-0.15, -0.1) is 0 Å².